The fourth-order valence-electron chi connectivity index (χ4n) is 5.03. The third-order valence-electron chi connectivity index (χ3n) is 6.86. The number of carboxylic acid groups (broad SMARTS) is 1. The van der Waals surface area contributed by atoms with E-state index in [1.54, 1.807) is 22.8 Å². The predicted octanol–water partition coefficient (Wildman–Crippen LogP) is 5.47. The van der Waals surface area contributed by atoms with Gasteiger partial charge in [0.15, 0.2) is 5.65 Å². The van der Waals surface area contributed by atoms with E-state index in [1.807, 2.05) is 69.0 Å². The first-order valence-corrected chi connectivity index (χ1v) is 14.0. The standard InChI is InChI=1S/C30H36N6O2.CH3NO2/c1-21-11-12-24(38-28-14-13-27-32-26(31)20-35(27)33-28)18-25(21)36(30(2,3)4)29(37)23-10-8-9-22(17-23)19-34-15-6-5-7-16-34;2-1(3)4/h8-14,17-18,20H,5-7,15-16,19,31H2,1-4H3;2H2,(H,3,4). The number of imidazole rings is 1. The normalized spacial score (nSPS) is 13.7. The number of aromatic nitrogens is 3. The Balaban J connectivity index is 0.000000952. The molecule has 5 N–H and O–H groups in total. The van der Waals surface area contributed by atoms with Crippen molar-refractivity contribution in [2.45, 2.75) is 59.0 Å². The number of anilines is 2. The van der Waals surface area contributed by atoms with Gasteiger partial charge in [-0.3, -0.25) is 9.69 Å². The van der Waals surface area contributed by atoms with Crippen LogP contribution in [0.1, 0.15) is 61.5 Å². The molecule has 1 fully saturated rings. The second-order valence-corrected chi connectivity index (χ2v) is 11.4. The van der Waals surface area contributed by atoms with Gasteiger partial charge < -0.3 is 26.2 Å². The first kappa shape index (κ1) is 30.3. The summed E-state index contributed by atoms with van der Waals surface area (Å²) in [7, 11) is 0. The molecule has 0 unspecified atom stereocenters. The number of nitrogens with two attached hydrogens (primary N) is 2. The molecular weight excluding hydrogens is 534 g/mol. The van der Waals surface area contributed by atoms with E-state index in [2.05, 4.69) is 26.8 Å². The molecule has 42 heavy (non-hydrogen) atoms. The second-order valence-electron chi connectivity index (χ2n) is 11.4. The predicted molar refractivity (Wildman–Crippen MR) is 163 cm³/mol. The molecule has 1 aliphatic heterocycles. The number of nitrogens with zero attached hydrogens (tertiary/aromatic N) is 5. The van der Waals surface area contributed by atoms with Gasteiger partial charge in [0.05, 0.1) is 11.9 Å². The zero-order chi connectivity index (χ0) is 30.4. The van der Waals surface area contributed by atoms with Crippen LogP contribution in [0.2, 0.25) is 0 Å². The van der Waals surface area contributed by atoms with E-state index in [9.17, 15) is 4.79 Å². The molecule has 0 saturated carbocycles. The van der Waals surface area contributed by atoms with Crippen molar-refractivity contribution >= 4 is 29.2 Å². The second kappa shape index (κ2) is 12.9. The van der Waals surface area contributed by atoms with Crippen molar-refractivity contribution in [2.24, 2.45) is 5.73 Å². The first-order chi connectivity index (χ1) is 19.9. The quantitative estimate of drug-likeness (QED) is 0.275. The Morgan fingerprint density at radius 3 is 2.45 bits per heavy atom. The van der Waals surface area contributed by atoms with E-state index in [0.29, 0.717) is 28.7 Å². The van der Waals surface area contributed by atoms with Crippen LogP contribution < -0.4 is 21.1 Å². The third-order valence-corrected chi connectivity index (χ3v) is 6.86. The number of benzene rings is 2. The summed E-state index contributed by atoms with van der Waals surface area (Å²) in [6.07, 6.45) is 4.10. The van der Waals surface area contributed by atoms with Crippen molar-refractivity contribution in [1.29, 1.82) is 0 Å². The van der Waals surface area contributed by atoms with E-state index >= 15 is 0 Å². The third kappa shape index (κ3) is 7.76. The molecule has 0 bridgehead atoms. The Morgan fingerprint density at radius 2 is 1.76 bits per heavy atom. The van der Waals surface area contributed by atoms with Crippen LogP contribution in [0.15, 0.2) is 60.8 Å². The van der Waals surface area contributed by atoms with Crippen LogP contribution in [-0.4, -0.2) is 55.2 Å². The molecule has 0 aliphatic carbocycles. The number of piperidine rings is 1. The zero-order valence-electron chi connectivity index (χ0n) is 24.6. The summed E-state index contributed by atoms with van der Waals surface area (Å²) in [6.45, 7) is 11.3. The number of hydrogen-bond donors (Lipinski definition) is 3. The van der Waals surface area contributed by atoms with Crippen LogP contribution in [-0.2, 0) is 6.54 Å². The van der Waals surface area contributed by atoms with Crippen molar-refractivity contribution < 1.29 is 19.4 Å². The monoisotopic (exact) mass is 573 g/mol. The van der Waals surface area contributed by atoms with Crippen molar-refractivity contribution in [3.05, 3.63) is 77.5 Å². The molecule has 1 aliphatic rings. The van der Waals surface area contributed by atoms with Crippen LogP contribution >= 0.6 is 0 Å². The summed E-state index contributed by atoms with van der Waals surface area (Å²) in [4.78, 5) is 31.4. The molecule has 1 saturated heterocycles. The Labute approximate surface area is 245 Å². The maximum atomic E-state index is 14.0. The number of primary amides is 1. The van der Waals surface area contributed by atoms with Crippen LogP contribution in [0.5, 0.6) is 11.6 Å². The van der Waals surface area contributed by atoms with Gasteiger partial charge in [-0.15, -0.1) is 5.10 Å². The van der Waals surface area contributed by atoms with Gasteiger partial charge in [-0.25, -0.2) is 14.3 Å². The summed E-state index contributed by atoms with van der Waals surface area (Å²) in [5.41, 5.74) is 13.6. The number of likely N-dealkylation sites (tertiary alicyclic amines) is 1. The van der Waals surface area contributed by atoms with Crippen molar-refractivity contribution in [3.63, 3.8) is 0 Å². The lowest BCUT2D eigenvalue weighted by Crippen LogP contribution is -2.46. The molecule has 4 aromatic rings. The molecule has 222 valence electrons. The number of fused-ring (bicyclic) bond motifs is 1. The molecule has 2 aromatic heterocycles. The number of amides is 2. The lowest BCUT2D eigenvalue weighted by molar-refractivity contribution is 0.0965. The summed E-state index contributed by atoms with van der Waals surface area (Å²) < 4.78 is 7.68. The molecule has 0 atom stereocenters. The number of nitrogen functional groups attached to an aromatic ring is 1. The molecule has 11 nitrogen and oxygen atoms in total. The fourth-order valence-corrected chi connectivity index (χ4v) is 5.03. The molecule has 5 rings (SSSR count). The Kier molecular flexibility index (Phi) is 9.31. The Hall–Kier alpha value is -4.64. The number of rotatable bonds is 6. The number of carbonyl (C=O) groups excluding carboxylic acids is 1. The average Bonchev–Trinajstić information content (AvgIpc) is 3.29. The van der Waals surface area contributed by atoms with Gasteiger partial charge >= 0.3 is 6.09 Å². The maximum Gasteiger partial charge on any atom is 0.402 e. The largest absolute Gasteiger partial charge is 0.465 e. The average molecular weight is 574 g/mol. The van der Waals surface area contributed by atoms with Gasteiger partial charge in [-0.1, -0.05) is 24.6 Å². The summed E-state index contributed by atoms with van der Waals surface area (Å²) in [5, 5.41) is 11.6. The molecule has 2 amide bonds. The van der Waals surface area contributed by atoms with Crippen LogP contribution in [0.3, 0.4) is 0 Å². The van der Waals surface area contributed by atoms with Gasteiger partial charge in [-0.2, -0.15) is 0 Å². The fraction of sp³-hybridized carbons (Fsp3) is 0.355. The molecular formula is C31H39N7O4. The van der Waals surface area contributed by atoms with Gasteiger partial charge in [-0.05, 0) is 89.0 Å². The number of hydrogen-bond acceptors (Lipinski definition) is 7. The van der Waals surface area contributed by atoms with Crippen LogP contribution in [0.25, 0.3) is 5.65 Å². The minimum Gasteiger partial charge on any atom is -0.465 e. The highest BCUT2D eigenvalue weighted by molar-refractivity contribution is 6.07. The smallest absolute Gasteiger partial charge is 0.402 e. The van der Waals surface area contributed by atoms with E-state index in [0.717, 1.165) is 30.9 Å². The molecule has 3 heterocycles. The molecule has 2 aromatic carbocycles. The van der Waals surface area contributed by atoms with Crippen LogP contribution in [0, 0.1) is 6.92 Å². The first-order valence-electron chi connectivity index (χ1n) is 14.0. The molecule has 0 radical (unpaired) electrons. The minimum absolute atomic E-state index is 0.0355. The van der Waals surface area contributed by atoms with E-state index in [-0.39, 0.29) is 5.91 Å². The number of aryl methyl sites for hydroxylation is 1. The van der Waals surface area contributed by atoms with Crippen molar-refractivity contribution in [1.82, 2.24) is 19.5 Å². The van der Waals surface area contributed by atoms with Crippen molar-refractivity contribution in [2.75, 3.05) is 23.7 Å². The van der Waals surface area contributed by atoms with E-state index in [1.165, 1.54) is 24.8 Å². The topological polar surface area (TPSA) is 152 Å². The van der Waals surface area contributed by atoms with Gasteiger partial charge in [0.2, 0.25) is 5.88 Å². The highest BCUT2D eigenvalue weighted by Crippen LogP contribution is 2.34. The summed E-state index contributed by atoms with van der Waals surface area (Å²) in [6, 6.07) is 17.4. The highest BCUT2D eigenvalue weighted by atomic mass is 16.5. The number of ether oxygens (including phenoxy) is 1. The molecule has 11 heteroatoms. The van der Waals surface area contributed by atoms with Gasteiger partial charge in [0.1, 0.15) is 11.6 Å². The van der Waals surface area contributed by atoms with E-state index < -0.39 is 11.6 Å². The van der Waals surface area contributed by atoms with Crippen molar-refractivity contribution in [3.8, 4) is 11.6 Å². The Bertz CT molecular complexity index is 1550. The minimum atomic E-state index is -1.33. The lowest BCUT2D eigenvalue weighted by atomic mass is 9.99. The van der Waals surface area contributed by atoms with E-state index in [4.69, 9.17) is 20.4 Å². The lowest BCUT2D eigenvalue weighted by Gasteiger charge is -2.37. The highest BCUT2D eigenvalue weighted by Gasteiger charge is 2.30. The zero-order valence-corrected chi connectivity index (χ0v) is 24.6. The Morgan fingerprint density at radius 1 is 1.05 bits per heavy atom. The molecule has 0 spiro atoms. The van der Waals surface area contributed by atoms with Gasteiger partial charge in [0.25, 0.3) is 5.91 Å². The van der Waals surface area contributed by atoms with Gasteiger partial charge in [0, 0.05) is 29.8 Å². The SMILES string of the molecule is Cc1ccc(Oc2ccc3nc(N)cn3n2)cc1N(C(=O)c1cccc(CN2CCCCC2)c1)C(C)(C)C.NC(=O)O. The number of carbonyl (C=O) groups is 2. The maximum absolute atomic E-state index is 14.0. The van der Waals surface area contributed by atoms with Crippen LogP contribution in [0.4, 0.5) is 16.3 Å². The summed E-state index contributed by atoms with van der Waals surface area (Å²) in [5.74, 6) is 1.36. The summed E-state index contributed by atoms with van der Waals surface area (Å²) >= 11 is 0.